The highest BCUT2D eigenvalue weighted by Gasteiger charge is 2.36. The molecule has 2 aromatic carbocycles. The Hall–Kier alpha value is -2.66. The molecule has 11 heteroatoms. The van der Waals surface area contributed by atoms with Gasteiger partial charge in [0.25, 0.3) is 0 Å². The summed E-state index contributed by atoms with van der Waals surface area (Å²) in [5.74, 6) is -1.70. The molecule has 0 radical (unpaired) electrons. The molecule has 0 aromatic heterocycles. The van der Waals surface area contributed by atoms with Gasteiger partial charge in [0, 0.05) is 31.7 Å². The van der Waals surface area contributed by atoms with E-state index in [4.69, 9.17) is 0 Å². The molecule has 6 nitrogen and oxygen atoms in total. The molecule has 1 aliphatic heterocycles. The standard InChI is InChI=1S/C19H18F4N2O4S/c1-13(26)14-6-7-16(15(20)12-14)24-8-10-25(11-9-24)30(27,28)18-5-3-2-4-17(18)29-19(21,22)23/h2-7,12H,8-11H2,1H3. The molecule has 3 rings (SSSR count). The zero-order valence-electron chi connectivity index (χ0n) is 15.8. The first-order valence-corrected chi connectivity index (χ1v) is 10.3. The number of sulfonamides is 1. The number of para-hydroxylation sites is 1. The van der Waals surface area contributed by atoms with Crippen LogP contribution in [-0.2, 0) is 10.0 Å². The molecule has 1 heterocycles. The van der Waals surface area contributed by atoms with Gasteiger partial charge in [-0.1, -0.05) is 12.1 Å². The Morgan fingerprint density at radius 3 is 2.23 bits per heavy atom. The van der Waals surface area contributed by atoms with Crippen molar-refractivity contribution >= 4 is 21.5 Å². The number of halogens is 4. The van der Waals surface area contributed by atoms with Gasteiger partial charge in [-0.2, -0.15) is 4.31 Å². The van der Waals surface area contributed by atoms with E-state index in [1.54, 1.807) is 4.90 Å². The van der Waals surface area contributed by atoms with Crippen molar-refractivity contribution in [1.82, 2.24) is 4.31 Å². The molecular formula is C19H18F4N2O4S. The highest BCUT2D eigenvalue weighted by atomic mass is 32.2. The van der Waals surface area contributed by atoms with Crippen molar-refractivity contribution in [1.29, 1.82) is 0 Å². The molecule has 1 fully saturated rings. The minimum atomic E-state index is -5.03. The molecule has 1 aliphatic rings. The first-order chi connectivity index (χ1) is 14.0. The van der Waals surface area contributed by atoms with Crippen molar-refractivity contribution in [3.05, 3.63) is 53.8 Å². The highest BCUT2D eigenvalue weighted by Crippen LogP contribution is 2.32. The third kappa shape index (κ3) is 4.73. The molecular weight excluding hydrogens is 428 g/mol. The van der Waals surface area contributed by atoms with Gasteiger partial charge in [-0.05, 0) is 37.3 Å². The van der Waals surface area contributed by atoms with Crippen LogP contribution >= 0.6 is 0 Å². The molecule has 0 atom stereocenters. The van der Waals surface area contributed by atoms with Crippen LogP contribution in [0.1, 0.15) is 17.3 Å². The normalized spacial score (nSPS) is 15.8. The first-order valence-electron chi connectivity index (χ1n) is 8.89. The molecule has 0 aliphatic carbocycles. The summed E-state index contributed by atoms with van der Waals surface area (Å²) < 4.78 is 82.8. The summed E-state index contributed by atoms with van der Waals surface area (Å²) in [6.45, 7) is 1.45. The van der Waals surface area contributed by atoms with Gasteiger partial charge in [0.15, 0.2) is 5.78 Å². The lowest BCUT2D eigenvalue weighted by Gasteiger charge is -2.35. The van der Waals surface area contributed by atoms with Crippen molar-refractivity contribution in [2.75, 3.05) is 31.1 Å². The van der Waals surface area contributed by atoms with E-state index in [1.807, 2.05) is 0 Å². The number of piperazine rings is 1. The second-order valence-electron chi connectivity index (χ2n) is 6.61. The van der Waals surface area contributed by atoms with E-state index in [1.165, 1.54) is 31.2 Å². The van der Waals surface area contributed by atoms with Gasteiger partial charge in [-0.25, -0.2) is 12.8 Å². The number of benzene rings is 2. The summed E-state index contributed by atoms with van der Waals surface area (Å²) in [4.78, 5) is 12.4. The summed E-state index contributed by atoms with van der Waals surface area (Å²) >= 11 is 0. The minimum absolute atomic E-state index is 0.0589. The maximum absolute atomic E-state index is 14.4. The minimum Gasteiger partial charge on any atom is -0.404 e. The van der Waals surface area contributed by atoms with Crippen LogP contribution in [0.2, 0.25) is 0 Å². The lowest BCUT2D eigenvalue weighted by atomic mass is 10.1. The maximum atomic E-state index is 14.4. The smallest absolute Gasteiger partial charge is 0.404 e. The summed E-state index contributed by atoms with van der Waals surface area (Å²) in [5.41, 5.74) is 0.441. The fraction of sp³-hybridized carbons (Fsp3) is 0.316. The number of nitrogens with zero attached hydrogens (tertiary/aromatic N) is 2. The Labute approximate surface area is 170 Å². The number of alkyl halides is 3. The lowest BCUT2D eigenvalue weighted by molar-refractivity contribution is -0.275. The number of rotatable bonds is 5. The fourth-order valence-electron chi connectivity index (χ4n) is 3.16. The van der Waals surface area contributed by atoms with Gasteiger partial charge in [-0.3, -0.25) is 4.79 Å². The predicted octanol–water partition coefficient (Wildman–Crippen LogP) is 3.44. The largest absolute Gasteiger partial charge is 0.573 e. The van der Waals surface area contributed by atoms with Crippen LogP contribution in [0.3, 0.4) is 0 Å². The number of carbonyl (C=O) groups is 1. The number of carbonyl (C=O) groups excluding carboxylic acids is 1. The Balaban J connectivity index is 1.77. The zero-order valence-corrected chi connectivity index (χ0v) is 16.6. The summed E-state index contributed by atoms with van der Waals surface area (Å²) in [6, 6.07) is 8.57. The van der Waals surface area contributed by atoms with Crippen molar-refractivity contribution in [2.24, 2.45) is 0 Å². The topological polar surface area (TPSA) is 66.9 Å². The third-order valence-electron chi connectivity index (χ3n) is 4.63. The molecule has 0 spiro atoms. The number of ether oxygens (including phenoxy) is 1. The summed E-state index contributed by atoms with van der Waals surface area (Å²) in [6.07, 6.45) is -5.03. The van der Waals surface area contributed by atoms with E-state index >= 15 is 0 Å². The number of hydrogen-bond donors (Lipinski definition) is 0. The Morgan fingerprint density at radius 2 is 1.67 bits per heavy atom. The molecule has 2 aromatic rings. The van der Waals surface area contributed by atoms with E-state index in [-0.39, 0.29) is 43.2 Å². The van der Waals surface area contributed by atoms with Crippen LogP contribution in [0.25, 0.3) is 0 Å². The van der Waals surface area contributed by atoms with Gasteiger partial charge < -0.3 is 9.64 Å². The quantitative estimate of drug-likeness (QED) is 0.520. The predicted molar refractivity (Wildman–Crippen MR) is 101 cm³/mol. The van der Waals surface area contributed by atoms with Gasteiger partial charge >= 0.3 is 6.36 Å². The zero-order chi connectivity index (χ0) is 22.1. The third-order valence-corrected chi connectivity index (χ3v) is 6.56. The van der Waals surface area contributed by atoms with Crippen LogP contribution < -0.4 is 9.64 Å². The summed E-state index contributed by atoms with van der Waals surface area (Å²) in [7, 11) is -4.26. The van der Waals surface area contributed by atoms with E-state index in [0.717, 1.165) is 22.5 Å². The molecule has 0 unspecified atom stereocenters. The Morgan fingerprint density at radius 1 is 1.03 bits per heavy atom. The Kier molecular flexibility index (Phi) is 6.04. The van der Waals surface area contributed by atoms with Gasteiger partial charge in [0.2, 0.25) is 10.0 Å². The van der Waals surface area contributed by atoms with Crippen molar-refractivity contribution in [3.8, 4) is 5.75 Å². The van der Waals surface area contributed by atoms with E-state index < -0.39 is 32.8 Å². The van der Waals surface area contributed by atoms with Crippen LogP contribution in [0.5, 0.6) is 5.75 Å². The van der Waals surface area contributed by atoms with E-state index in [2.05, 4.69) is 4.74 Å². The fourth-order valence-corrected chi connectivity index (χ4v) is 4.70. The Bertz CT molecular complexity index is 1050. The van der Waals surface area contributed by atoms with Crippen LogP contribution in [0.15, 0.2) is 47.4 Å². The molecule has 0 saturated carbocycles. The molecule has 30 heavy (non-hydrogen) atoms. The molecule has 0 bridgehead atoms. The number of ketones is 1. The highest BCUT2D eigenvalue weighted by molar-refractivity contribution is 7.89. The van der Waals surface area contributed by atoms with Crippen molar-refractivity contribution in [3.63, 3.8) is 0 Å². The first kappa shape index (κ1) is 22.0. The van der Waals surface area contributed by atoms with Crippen molar-refractivity contribution in [2.45, 2.75) is 18.2 Å². The van der Waals surface area contributed by atoms with Crippen LogP contribution in [0.4, 0.5) is 23.2 Å². The van der Waals surface area contributed by atoms with Crippen LogP contribution in [-0.4, -0.2) is 51.0 Å². The van der Waals surface area contributed by atoms with E-state index in [0.29, 0.717) is 0 Å². The van der Waals surface area contributed by atoms with Gasteiger partial charge in [0.05, 0.1) is 5.69 Å². The molecule has 0 amide bonds. The van der Waals surface area contributed by atoms with E-state index in [9.17, 15) is 30.8 Å². The average Bonchev–Trinajstić information content (AvgIpc) is 2.67. The SMILES string of the molecule is CC(=O)c1ccc(N2CCN(S(=O)(=O)c3ccccc3OC(F)(F)F)CC2)c(F)c1. The molecule has 162 valence electrons. The van der Waals surface area contributed by atoms with Crippen molar-refractivity contribution < 1.29 is 35.5 Å². The van der Waals surface area contributed by atoms with Crippen LogP contribution in [0, 0.1) is 5.82 Å². The molecule has 1 saturated heterocycles. The monoisotopic (exact) mass is 446 g/mol. The second-order valence-corrected chi connectivity index (χ2v) is 8.51. The van der Waals surface area contributed by atoms with Gasteiger partial charge in [-0.15, -0.1) is 13.2 Å². The number of hydrogen-bond acceptors (Lipinski definition) is 5. The number of Topliss-reactive ketones (excluding diaryl/α,β-unsaturated/α-hetero) is 1. The molecule has 0 N–H and O–H groups in total. The summed E-state index contributed by atoms with van der Waals surface area (Å²) in [5, 5.41) is 0. The second kappa shape index (κ2) is 8.23. The lowest BCUT2D eigenvalue weighted by Crippen LogP contribution is -2.49. The number of anilines is 1. The maximum Gasteiger partial charge on any atom is 0.573 e. The van der Waals surface area contributed by atoms with Gasteiger partial charge in [0.1, 0.15) is 16.5 Å². The average molecular weight is 446 g/mol.